The second kappa shape index (κ2) is 15.1. The molecule has 0 saturated carbocycles. The van der Waals surface area contributed by atoms with Crippen LogP contribution in [0, 0.1) is 0 Å². The Morgan fingerprint density at radius 2 is 1.52 bits per heavy atom. The first-order valence-electron chi connectivity index (χ1n) is 10.6. The Morgan fingerprint density at radius 3 is 2.15 bits per heavy atom. The summed E-state index contributed by atoms with van der Waals surface area (Å²) in [6.07, 6.45) is 1.56. The fraction of sp³-hybridized carbons (Fsp3) is 0.455. The highest BCUT2D eigenvalue weighted by molar-refractivity contribution is 5.98. The van der Waals surface area contributed by atoms with Crippen molar-refractivity contribution in [1.82, 2.24) is 21.0 Å². The number of nitrogens with one attached hydrogen (secondary N) is 3. The molecule has 0 aliphatic carbocycles. The van der Waals surface area contributed by atoms with Gasteiger partial charge in [0.1, 0.15) is 6.29 Å². The summed E-state index contributed by atoms with van der Waals surface area (Å²) in [5, 5.41) is 8.63. The van der Waals surface area contributed by atoms with Crippen molar-refractivity contribution in [2.75, 3.05) is 26.7 Å². The zero-order valence-electron chi connectivity index (χ0n) is 18.8. The van der Waals surface area contributed by atoms with Crippen LogP contribution in [-0.2, 0) is 24.0 Å². The smallest absolute Gasteiger partial charge is 0.356 e. The molecule has 0 bridgehead atoms. The number of rotatable bonds is 13. The quantitative estimate of drug-likeness (QED) is 0.283. The Kier molecular flexibility index (Phi) is 12.5. The van der Waals surface area contributed by atoms with Gasteiger partial charge in [0.05, 0.1) is 5.56 Å². The van der Waals surface area contributed by atoms with E-state index in [1.165, 1.54) is 31.3 Å². The molecule has 3 N–H and O–H groups in total. The van der Waals surface area contributed by atoms with E-state index in [1.54, 1.807) is 0 Å². The molecule has 33 heavy (non-hydrogen) atoms. The fourth-order valence-electron chi connectivity index (χ4n) is 2.50. The van der Waals surface area contributed by atoms with E-state index in [-0.39, 0.29) is 61.7 Å². The first-order valence-corrected chi connectivity index (χ1v) is 10.6. The van der Waals surface area contributed by atoms with E-state index >= 15 is 0 Å². The summed E-state index contributed by atoms with van der Waals surface area (Å²) in [7, 11) is 1.25. The SMILES string of the molecule is CCCNC(=O)CCNC(=O)CCNC(=O)c1cccc(C(=O)ON(C)C(=O)CCC=O)c1. The Labute approximate surface area is 192 Å². The van der Waals surface area contributed by atoms with Crippen molar-refractivity contribution in [3.05, 3.63) is 35.4 Å². The van der Waals surface area contributed by atoms with Crippen LogP contribution in [0.2, 0.25) is 0 Å². The molecule has 0 unspecified atom stereocenters. The average molecular weight is 463 g/mol. The number of hydroxylamine groups is 2. The summed E-state index contributed by atoms with van der Waals surface area (Å²) in [6.45, 7) is 2.81. The van der Waals surface area contributed by atoms with Crippen molar-refractivity contribution < 1.29 is 33.6 Å². The summed E-state index contributed by atoms with van der Waals surface area (Å²) in [5.41, 5.74) is 0.226. The van der Waals surface area contributed by atoms with Crippen LogP contribution < -0.4 is 16.0 Å². The van der Waals surface area contributed by atoms with Gasteiger partial charge in [0.15, 0.2) is 0 Å². The van der Waals surface area contributed by atoms with E-state index in [2.05, 4.69) is 16.0 Å². The number of hydrogen-bond donors (Lipinski definition) is 3. The topological polar surface area (TPSA) is 151 Å². The molecule has 180 valence electrons. The number of nitrogens with zero attached hydrogens (tertiary/aromatic N) is 1. The van der Waals surface area contributed by atoms with Crippen molar-refractivity contribution in [2.24, 2.45) is 0 Å². The predicted octanol–water partition coefficient (Wildman–Crippen LogP) is 0.348. The molecule has 1 rings (SSSR count). The Bertz CT molecular complexity index is 857. The van der Waals surface area contributed by atoms with Crippen molar-refractivity contribution in [3.63, 3.8) is 0 Å². The molecule has 0 saturated heterocycles. The molecule has 1 aromatic rings. The van der Waals surface area contributed by atoms with E-state index in [9.17, 15) is 28.8 Å². The standard InChI is InChI=1S/C22H30N4O7/c1-3-11-23-18(28)9-12-24-19(29)10-13-25-21(31)16-6-4-7-17(15-16)22(32)33-26(2)20(30)8-5-14-27/h4,6-7,14-15H,3,5,8-13H2,1-2H3,(H,23,28)(H,24,29)(H,25,31). The third kappa shape index (κ3) is 10.9. The summed E-state index contributed by atoms with van der Waals surface area (Å²) in [4.78, 5) is 74.8. The third-order valence-electron chi connectivity index (χ3n) is 4.29. The van der Waals surface area contributed by atoms with Gasteiger partial charge < -0.3 is 25.6 Å². The van der Waals surface area contributed by atoms with Crippen molar-refractivity contribution >= 4 is 35.9 Å². The van der Waals surface area contributed by atoms with E-state index in [1.807, 2.05) is 6.92 Å². The maximum atomic E-state index is 12.3. The van der Waals surface area contributed by atoms with Gasteiger partial charge in [-0.1, -0.05) is 13.0 Å². The molecular formula is C22H30N4O7. The van der Waals surface area contributed by atoms with Crippen LogP contribution in [0.5, 0.6) is 0 Å². The average Bonchev–Trinajstić information content (AvgIpc) is 2.80. The van der Waals surface area contributed by atoms with Gasteiger partial charge in [0.25, 0.3) is 11.8 Å². The molecule has 1 aromatic carbocycles. The number of benzene rings is 1. The largest absolute Gasteiger partial charge is 0.363 e. The molecule has 0 aromatic heterocycles. The predicted molar refractivity (Wildman–Crippen MR) is 118 cm³/mol. The number of hydrogen-bond acceptors (Lipinski definition) is 7. The minimum absolute atomic E-state index is 0.0166. The highest BCUT2D eigenvalue weighted by Gasteiger charge is 2.17. The van der Waals surface area contributed by atoms with E-state index in [0.29, 0.717) is 12.8 Å². The van der Waals surface area contributed by atoms with Crippen molar-refractivity contribution in [3.8, 4) is 0 Å². The lowest BCUT2D eigenvalue weighted by Gasteiger charge is -2.15. The molecular weight excluding hydrogens is 432 g/mol. The lowest BCUT2D eigenvalue weighted by Crippen LogP contribution is -2.33. The number of amides is 4. The molecule has 0 heterocycles. The molecule has 0 aliphatic heterocycles. The van der Waals surface area contributed by atoms with E-state index < -0.39 is 17.8 Å². The van der Waals surface area contributed by atoms with Gasteiger partial charge in [-0.2, -0.15) is 5.06 Å². The van der Waals surface area contributed by atoms with Crippen LogP contribution >= 0.6 is 0 Å². The minimum Gasteiger partial charge on any atom is -0.356 e. The Balaban J connectivity index is 2.44. The highest BCUT2D eigenvalue weighted by Crippen LogP contribution is 2.08. The summed E-state index contributed by atoms with van der Waals surface area (Å²) in [5.74, 6) is -2.32. The maximum Gasteiger partial charge on any atom is 0.363 e. The first-order chi connectivity index (χ1) is 15.8. The van der Waals surface area contributed by atoms with Gasteiger partial charge in [-0.15, -0.1) is 0 Å². The molecule has 0 aliphatic rings. The van der Waals surface area contributed by atoms with Gasteiger partial charge >= 0.3 is 5.97 Å². The fourth-order valence-corrected chi connectivity index (χ4v) is 2.50. The van der Waals surface area contributed by atoms with Crippen molar-refractivity contribution in [2.45, 2.75) is 39.0 Å². The lowest BCUT2D eigenvalue weighted by atomic mass is 10.1. The summed E-state index contributed by atoms with van der Waals surface area (Å²) < 4.78 is 0. The highest BCUT2D eigenvalue weighted by atomic mass is 16.7. The molecule has 11 heteroatoms. The second-order valence-electron chi connectivity index (χ2n) is 7.01. The summed E-state index contributed by atoms with van der Waals surface area (Å²) in [6, 6.07) is 5.69. The number of carbonyl (C=O) groups is 6. The van der Waals surface area contributed by atoms with Crippen LogP contribution in [0.1, 0.15) is 59.7 Å². The Morgan fingerprint density at radius 1 is 0.909 bits per heavy atom. The van der Waals surface area contributed by atoms with Gasteiger partial charge in [-0.3, -0.25) is 19.2 Å². The van der Waals surface area contributed by atoms with Crippen molar-refractivity contribution in [1.29, 1.82) is 0 Å². The number of aldehydes is 1. The molecule has 0 radical (unpaired) electrons. The van der Waals surface area contributed by atoms with E-state index in [0.717, 1.165) is 11.5 Å². The molecule has 0 spiro atoms. The molecule has 4 amide bonds. The monoisotopic (exact) mass is 462 g/mol. The number of carbonyl (C=O) groups excluding carboxylic acids is 6. The maximum absolute atomic E-state index is 12.3. The van der Waals surface area contributed by atoms with Crippen LogP contribution in [-0.4, -0.2) is 67.6 Å². The summed E-state index contributed by atoms with van der Waals surface area (Å²) >= 11 is 0. The van der Waals surface area contributed by atoms with E-state index in [4.69, 9.17) is 4.84 Å². The van der Waals surface area contributed by atoms with Crippen LogP contribution in [0.15, 0.2) is 24.3 Å². The zero-order valence-corrected chi connectivity index (χ0v) is 18.8. The normalized spacial score (nSPS) is 10.0. The first kappa shape index (κ1) is 27.3. The Hall–Kier alpha value is -3.76. The van der Waals surface area contributed by atoms with Gasteiger partial charge in [-0.05, 0) is 24.6 Å². The zero-order chi connectivity index (χ0) is 24.6. The molecule has 11 nitrogen and oxygen atoms in total. The molecule has 0 fully saturated rings. The van der Waals surface area contributed by atoms with Crippen LogP contribution in [0.3, 0.4) is 0 Å². The molecule has 0 atom stereocenters. The van der Waals surface area contributed by atoms with Gasteiger partial charge in [0, 0.05) is 57.9 Å². The third-order valence-corrected chi connectivity index (χ3v) is 4.29. The van der Waals surface area contributed by atoms with Gasteiger partial charge in [-0.25, -0.2) is 4.79 Å². The lowest BCUT2D eigenvalue weighted by molar-refractivity contribution is -0.161. The van der Waals surface area contributed by atoms with Crippen LogP contribution in [0.25, 0.3) is 0 Å². The minimum atomic E-state index is -0.839. The second-order valence-corrected chi connectivity index (χ2v) is 7.01. The van der Waals surface area contributed by atoms with Gasteiger partial charge in [0.2, 0.25) is 11.8 Å². The van der Waals surface area contributed by atoms with Crippen LogP contribution in [0.4, 0.5) is 0 Å².